The number of fused-ring (bicyclic) bond motifs is 2. The Morgan fingerprint density at radius 3 is 2.87 bits per heavy atom. The van der Waals surface area contributed by atoms with Crippen LogP contribution in [0.2, 0.25) is 0 Å². The van der Waals surface area contributed by atoms with Crippen molar-refractivity contribution in [3.63, 3.8) is 0 Å². The molecule has 2 amide bonds. The van der Waals surface area contributed by atoms with E-state index in [4.69, 9.17) is 20.6 Å². The van der Waals surface area contributed by atoms with E-state index < -0.39 is 0 Å². The molecule has 2 unspecified atom stereocenters. The first-order chi connectivity index (χ1) is 15.0. The van der Waals surface area contributed by atoms with Crippen LogP contribution in [-0.2, 0) is 9.47 Å². The fourth-order valence-corrected chi connectivity index (χ4v) is 4.12. The molecule has 31 heavy (non-hydrogen) atoms. The number of aromatic nitrogens is 1. The van der Waals surface area contributed by atoms with Gasteiger partial charge in [-0.05, 0) is 18.4 Å². The first kappa shape index (κ1) is 21.1. The molecule has 5 N–H and O–H groups in total. The highest BCUT2D eigenvalue weighted by Crippen LogP contribution is 2.30. The van der Waals surface area contributed by atoms with Gasteiger partial charge in [0.2, 0.25) is 0 Å². The van der Waals surface area contributed by atoms with E-state index >= 15 is 0 Å². The van der Waals surface area contributed by atoms with Crippen LogP contribution in [0, 0.1) is 5.41 Å². The van der Waals surface area contributed by atoms with Gasteiger partial charge in [0.15, 0.2) is 0 Å². The summed E-state index contributed by atoms with van der Waals surface area (Å²) in [6.45, 7) is 1.87. The normalized spacial score (nSPS) is 20.5. The van der Waals surface area contributed by atoms with Crippen molar-refractivity contribution < 1.29 is 14.3 Å². The number of pyridine rings is 1. The van der Waals surface area contributed by atoms with Gasteiger partial charge >= 0.3 is 6.03 Å². The third-order valence-corrected chi connectivity index (χ3v) is 5.74. The fraction of sp³-hybridized carbons (Fsp3) is 0.409. The summed E-state index contributed by atoms with van der Waals surface area (Å²) in [5.41, 5.74) is 8.15. The van der Waals surface area contributed by atoms with Gasteiger partial charge in [0, 0.05) is 38.2 Å². The molecule has 9 nitrogen and oxygen atoms in total. The summed E-state index contributed by atoms with van der Waals surface area (Å²) in [7, 11) is 1.63. The Morgan fingerprint density at radius 1 is 1.42 bits per heavy atom. The van der Waals surface area contributed by atoms with Gasteiger partial charge in [0.05, 0.1) is 30.4 Å². The van der Waals surface area contributed by atoms with E-state index in [0.29, 0.717) is 49.1 Å². The number of anilines is 2. The van der Waals surface area contributed by atoms with Gasteiger partial charge < -0.3 is 25.4 Å². The van der Waals surface area contributed by atoms with Gasteiger partial charge in [-0.1, -0.05) is 30.3 Å². The third-order valence-electron chi connectivity index (χ3n) is 5.74. The minimum absolute atomic E-state index is 0.194. The minimum atomic E-state index is -0.381. The largest absolute Gasteiger partial charge is 0.398 e. The van der Waals surface area contributed by atoms with Crippen LogP contribution < -0.4 is 16.4 Å². The molecule has 3 heterocycles. The number of methoxy groups -OCH3 is 1. The Morgan fingerprint density at radius 2 is 2.23 bits per heavy atom. The molecule has 2 aliphatic rings. The van der Waals surface area contributed by atoms with Crippen molar-refractivity contribution in [2.75, 3.05) is 37.9 Å². The molecule has 4 rings (SSSR count). The van der Waals surface area contributed by atoms with Crippen molar-refractivity contribution >= 4 is 23.4 Å². The second-order valence-electron chi connectivity index (χ2n) is 7.85. The molecule has 0 aliphatic carbocycles. The molecule has 0 radical (unpaired) electrons. The summed E-state index contributed by atoms with van der Waals surface area (Å²) in [6, 6.07) is 11.0. The summed E-state index contributed by atoms with van der Waals surface area (Å²) in [5.74, 6) is 0.678. The quantitative estimate of drug-likeness (QED) is 0.399. The van der Waals surface area contributed by atoms with Crippen LogP contribution in [0.5, 0.6) is 0 Å². The highest BCUT2D eigenvalue weighted by molar-refractivity contribution is 6.02. The van der Waals surface area contributed by atoms with Gasteiger partial charge in [-0.3, -0.25) is 10.7 Å². The number of amidine groups is 1. The van der Waals surface area contributed by atoms with Crippen LogP contribution in [-0.4, -0.2) is 60.8 Å². The molecule has 1 aromatic carbocycles. The highest BCUT2D eigenvalue weighted by atomic mass is 16.5. The van der Waals surface area contributed by atoms with Gasteiger partial charge in [-0.25, -0.2) is 9.78 Å². The van der Waals surface area contributed by atoms with E-state index in [0.717, 1.165) is 12.0 Å². The average Bonchev–Trinajstić information content (AvgIpc) is 3.41. The van der Waals surface area contributed by atoms with Crippen LogP contribution >= 0.6 is 0 Å². The van der Waals surface area contributed by atoms with E-state index in [-0.39, 0.29) is 24.2 Å². The van der Waals surface area contributed by atoms with E-state index in [1.54, 1.807) is 19.4 Å². The Bertz CT molecular complexity index is 938. The Balaban J connectivity index is 1.40. The summed E-state index contributed by atoms with van der Waals surface area (Å²) in [6.07, 6.45) is 3.32. The van der Waals surface area contributed by atoms with Crippen LogP contribution in [0.25, 0.3) is 0 Å². The summed E-state index contributed by atoms with van der Waals surface area (Å²) in [5, 5.41) is 14.2. The number of ether oxygens (including phenoxy) is 2. The zero-order valence-electron chi connectivity index (χ0n) is 17.5. The Hall–Kier alpha value is -3.17. The number of urea groups is 1. The lowest BCUT2D eigenvalue weighted by molar-refractivity contribution is 0.0566. The first-order valence-electron chi connectivity index (χ1n) is 10.4. The van der Waals surface area contributed by atoms with Crippen molar-refractivity contribution in [1.82, 2.24) is 15.2 Å². The lowest BCUT2D eigenvalue weighted by Gasteiger charge is -2.29. The van der Waals surface area contributed by atoms with Gasteiger partial charge in [-0.15, -0.1) is 0 Å². The molecule has 3 atom stereocenters. The van der Waals surface area contributed by atoms with Crippen LogP contribution in [0.3, 0.4) is 0 Å². The number of nitrogen functional groups attached to an aromatic ring is 1. The van der Waals surface area contributed by atoms with Gasteiger partial charge in [0.25, 0.3) is 0 Å². The van der Waals surface area contributed by atoms with Gasteiger partial charge in [0.1, 0.15) is 11.7 Å². The maximum Gasteiger partial charge on any atom is 0.320 e. The molecule has 164 valence electrons. The molecular formula is C22H28N6O3. The second kappa shape index (κ2) is 9.32. The van der Waals surface area contributed by atoms with E-state index in [1.807, 2.05) is 35.2 Å². The minimum Gasteiger partial charge on any atom is -0.398 e. The number of nitrogens with zero attached hydrogens (tertiary/aromatic N) is 2. The lowest BCUT2D eigenvalue weighted by Crippen LogP contribution is -2.41. The highest BCUT2D eigenvalue weighted by Gasteiger charge is 2.40. The second-order valence-corrected chi connectivity index (χ2v) is 7.85. The molecule has 2 bridgehead atoms. The molecule has 0 saturated carbocycles. The predicted molar refractivity (Wildman–Crippen MR) is 118 cm³/mol. The van der Waals surface area contributed by atoms with E-state index in [2.05, 4.69) is 15.6 Å². The SMILES string of the molecule is COCC[C@@H](NC(=O)Nc1cc(N)c(C(=N)N2CC3CC2CO3)cn1)c1ccccc1. The number of nitrogens with one attached hydrogen (secondary N) is 3. The van der Waals surface area contributed by atoms with Crippen molar-refractivity contribution in [3.8, 4) is 0 Å². The molecule has 0 spiro atoms. The fourth-order valence-electron chi connectivity index (χ4n) is 4.12. The number of amides is 2. The number of benzene rings is 1. The maximum absolute atomic E-state index is 12.6. The van der Waals surface area contributed by atoms with E-state index in [9.17, 15) is 4.79 Å². The summed E-state index contributed by atoms with van der Waals surface area (Å²) >= 11 is 0. The number of carbonyl (C=O) groups excluding carboxylic acids is 1. The number of hydrogen-bond donors (Lipinski definition) is 4. The predicted octanol–water partition coefficient (Wildman–Crippen LogP) is 2.36. The number of morpholine rings is 1. The monoisotopic (exact) mass is 424 g/mol. The molecule has 2 fully saturated rings. The zero-order valence-corrected chi connectivity index (χ0v) is 17.5. The maximum atomic E-state index is 12.6. The van der Waals surface area contributed by atoms with E-state index in [1.165, 1.54) is 0 Å². The molecule has 2 aromatic rings. The standard InChI is InChI=1S/C22H28N6O3/c1-30-8-7-19(14-5-3-2-4-6-14)26-22(29)27-20-10-18(23)17(11-25-20)21(24)28-12-16-9-15(28)13-31-16/h2-6,10-11,15-16,19,24H,7-9,12-13H2,1H3,(H4,23,25,26,27,29)/t15?,16?,19-/m1/s1. The Labute approximate surface area is 181 Å². The topological polar surface area (TPSA) is 126 Å². The number of carbonyl (C=O) groups is 1. The van der Waals surface area contributed by atoms with Crippen molar-refractivity contribution in [3.05, 3.63) is 53.7 Å². The van der Waals surface area contributed by atoms with Crippen molar-refractivity contribution in [2.45, 2.75) is 31.0 Å². The smallest absolute Gasteiger partial charge is 0.320 e. The molecular weight excluding hydrogens is 396 g/mol. The zero-order chi connectivity index (χ0) is 21.8. The van der Waals surface area contributed by atoms with Crippen LogP contribution in [0.1, 0.15) is 30.0 Å². The molecule has 2 aliphatic heterocycles. The third kappa shape index (κ3) is 4.78. The van der Waals surface area contributed by atoms with Crippen molar-refractivity contribution in [2.24, 2.45) is 0 Å². The lowest BCUT2D eigenvalue weighted by atomic mass is 10.0. The first-order valence-corrected chi connectivity index (χ1v) is 10.4. The molecule has 2 saturated heterocycles. The number of rotatable bonds is 7. The number of nitrogens with two attached hydrogens (primary N) is 1. The number of hydrogen-bond acceptors (Lipinski definition) is 6. The summed E-state index contributed by atoms with van der Waals surface area (Å²) < 4.78 is 10.8. The molecule has 1 aromatic heterocycles. The molecule has 9 heteroatoms. The van der Waals surface area contributed by atoms with Gasteiger partial charge in [-0.2, -0.15) is 0 Å². The van der Waals surface area contributed by atoms with Crippen LogP contribution in [0.4, 0.5) is 16.3 Å². The Kier molecular flexibility index (Phi) is 6.34. The van der Waals surface area contributed by atoms with Crippen molar-refractivity contribution in [1.29, 1.82) is 5.41 Å². The summed E-state index contributed by atoms with van der Waals surface area (Å²) in [4.78, 5) is 18.9. The average molecular weight is 425 g/mol. The van der Waals surface area contributed by atoms with Crippen LogP contribution in [0.15, 0.2) is 42.6 Å². The number of likely N-dealkylation sites (tertiary alicyclic amines) is 1.